The fourth-order valence-electron chi connectivity index (χ4n) is 2.46. The Balaban J connectivity index is 2.01. The molecule has 1 aromatic heterocycles. The van der Waals surface area contributed by atoms with Crippen molar-refractivity contribution in [1.29, 1.82) is 0 Å². The highest BCUT2D eigenvalue weighted by Crippen LogP contribution is 2.33. The molecule has 0 fully saturated rings. The summed E-state index contributed by atoms with van der Waals surface area (Å²) in [6.07, 6.45) is 0. The molecule has 6 heteroatoms. The molecule has 21 heavy (non-hydrogen) atoms. The highest BCUT2D eigenvalue weighted by atomic mass is 35.5. The molecule has 0 N–H and O–H groups in total. The van der Waals surface area contributed by atoms with E-state index >= 15 is 0 Å². The van der Waals surface area contributed by atoms with Crippen molar-refractivity contribution >= 4 is 40.5 Å². The molecular formula is C15H13Cl2N3O. The highest BCUT2D eigenvalue weighted by molar-refractivity contribution is 6.33. The van der Waals surface area contributed by atoms with Crippen LogP contribution in [0.5, 0.6) is 0 Å². The first-order valence-electron chi connectivity index (χ1n) is 6.51. The number of hydrogen-bond donors (Lipinski definition) is 0. The van der Waals surface area contributed by atoms with E-state index in [1.165, 1.54) is 12.1 Å². The van der Waals surface area contributed by atoms with Crippen LogP contribution in [0.4, 0.5) is 11.4 Å². The molecule has 1 aromatic carbocycles. The Morgan fingerprint density at radius 2 is 1.71 bits per heavy atom. The molecule has 1 amide bonds. The van der Waals surface area contributed by atoms with Crippen LogP contribution in [0, 0.1) is 0 Å². The number of amides is 1. The van der Waals surface area contributed by atoms with Gasteiger partial charge in [-0.2, -0.15) is 0 Å². The van der Waals surface area contributed by atoms with E-state index in [0.29, 0.717) is 12.1 Å². The SMILES string of the molecule is CN1CCN(C(=O)c2cc(Cl)nc(Cl)c2)c2ccccc21. The van der Waals surface area contributed by atoms with Gasteiger partial charge in [-0.25, -0.2) is 4.98 Å². The minimum Gasteiger partial charge on any atom is -0.371 e. The molecule has 0 unspecified atom stereocenters. The molecule has 0 saturated carbocycles. The molecule has 3 rings (SSSR count). The van der Waals surface area contributed by atoms with Gasteiger partial charge in [-0.3, -0.25) is 4.79 Å². The zero-order valence-electron chi connectivity index (χ0n) is 11.4. The normalized spacial score (nSPS) is 14.0. The van der Waals surface area contributed by atoms with Crippen LogP contribution in [0.2, 0.25) is 10.3 Å². The number of aromatic nitrogens is 1. The third-order valence-electron chi connectivity index (χ3n) is 3.50. The first-order valence-corrected chi connectivity index (χ1v) is 7.27. The topological polar surface area (TPSA) is 36.4 Å². The average molecular weight is 322 g/mol. The van der Waals surface area contributed by atoms with E-state index in [1.54, 1.807) is 4.90 Å². The number of rotatable bonds is 1. The van der Waals surface area contributed by atoms with Gasteiger partial charge in [-0.15, -0.1) is 0 Å². The molecule has 0 spiro atoms. The van der Waals surface area contributed by atoms with Crippen molar-refractivity contribution in [1.82, 2.24) is 4.98 Å². The molecule has 0 aliphatic carbocycles. The van der Waals surface area contributed by atoms with Crippen molar-refractivity contribution in [3.8, 4) is 0 Å². The summed E-state index contributed by atoms with van der Waals surface area (Å²) in [5.74, 6) is -0.123. The fraction of sp³-hybridized carbons (Fsp3) is 0.200. The maximum atomic E-state index is 12.7. The van der Waals surface area contributed by atoms with Crippen molar-refractivity contribution in [2.24, 2.45) is 0 Å². The Morgan fingerprint density at radius 3 is 2.38 bits per heavy atom. The van der Waals surface area contributed by atoms with Crippen LogP contribution in [0.1, 0.15) is 10.4 Å². The summed E-state index contributed by atoms with van der Waals surface area (Å²) in [7, 11) is 2.01. The first-order chi connectivity index (χ1) is 10.1. The Bertz CT molecular complexity index is 685. The second-order valence-corrected chi connectivity index (χ2v) is 5.64. The minimum absolute atomic E-state index is 0.123. The molecule has 2 aromatic rings. The molecule has 0 saturated heterocycles. The summed E-state index contributed by atoms with van der Waals surface area (Å²) in [5, 5.41) is 0.432. The molecular weight excluding hydrogens is 309 g/mol. The second kappa shape index (κ2) is 5.54. The van der Waals surface area contributed by atoms with Crippen molar-refractivity contribution in [2.75, 3.05) is 29.9 Å². The molecule has 2 heterocycles. The summed E-state index contributed by atoms with van der Waals surface area (Å²) < 4.78 is 0. The van der Waals surface area contributed by atoms with E-state index in [2.05, 4.69) is 9.88 Å². The summed E-state index contributed by atoms with van der Waals surface area (Å²) in [5.41, 5.74) is 2.36. The van der Waals surface area contributed by atoms with Crippen LogP contribution in [0.15, 0.2) is 36.4 Å². The number of fused-ring (bicyclic) bond motifs is 1. The molecule has 0 radical (unpaired) electrons. The number of nitrogens with zero attached hydrogens (tertiary/aromatic N) is 3. The third-order valence-corrected chi connectivity index (χ3v) is 3.88. The van der Waals surface area contributed by atoms with E-state index in [1.807, 2.05) is 31.3 Å². The van der Waals surface area contributed by atoms with Gasteiger partial charge < -0.3 is 9.80 Å². The number of anilines is 2. The summed E-state index contributed by atoms with van der Waals surface area (Å²) in [4.78, 5) is 20.5. The second-order valence-electron chi connectivity index (χ2n) is 4.87. The maximum Gasteiger partial charge on any atom is 0.258 e. The van der Waals surface area contributed by atoms with Gasteiger partial charge in [0.15, 0.2) is 0 Å². The summed E-state index contributed by atoms with van der Waals surface area (Å²) >= 11 is 11.8. The quantitative estimate of drug-likeness (QED) is 0.754. The van der Waals surface area contributed by atoms with Gasteiger partial charge in [-0.1, -0.05) is 35.3 Å². The standard InChI is InChI=1S/C15H13Cl2N3O/c1-19-6-7-20(12-5-3-2-4-11(12)19)15(21)10-8-13(16)18-14(17)9-10/h2-5,8-9H,6-7H2,1H3. The van der Waals surface area contributed by atoms with Crippen molar-refractivity contribution in [3.05, 3.63) is 52.3 Å². The van der Waals surface area contributed by atoms with Crippen molar-refractivity contribution in [2.45, 2.75) is 0 Å². The molecule has 1 aliphatic heterocycles. The van der Waals surface area contributed by atoms with E-state index in [4.69, 9.17) is 23.2 Å². The van der Waals surface area contributed by atoms with E-state index in [-0.39, 0.29) is 16.2 Å². The molecule has 0 bridgehead atoms. The first kappa shape index (κ1) is 14.2. The third kappa shape index (κ3) is 2.69. The van der Waals surface area contributed by atoms with Crippen molar-refractivity contribution < 1.29 is 4.79 Å². The summed E-state index contributed by atoms with van der Waals surface area (Å²) in [6.45, 7) is 1.39. The number of carbonyl (C=O) groups is 1. The molecule has 1 aliphatic rings. The number of hydrogen-bond acceptors (Lipinski definition) is 3. The van der Waals surface area contributed by atoms with Gasteiger partial charge in [0, 0.05) is 25.7 Å². The van der Waals surface area contributed by atoms with E-state index in [9.17, 15) is 4.79 Å². The molecule has 0 atom stereocenters. The van der Waals surface area contributed by atoms with Gasteiger partial charge >= 0.3 is 0 Å². The van der Waals surface area contributed by atoms with Gasteiger partial charge in [-0.05, 0) is 24.3 Å². The van der Waals surface area contributed by atoms with Gasteiger partial charge in [0.25, 0.3) is 5.91 Å². The number of carbonyl (C=O) groups excluding carboxylic acids is 1. The number of likely N-dealkylation sites (N-methyl/N-ethyl adjacent to an activating group) is 1. The maximum absolute atomic E-state index is 12.7. The largest absolute Gasteiger partial charge is 0.371 e. The Morgan fingerprint density at radius 1 is 1.10 bits per heavy atom. The lowest BCUT2D eigenvalue weighted by Gasteiger charge is -2.35. The van der Waals surface area contributed by atoms with Gasteiger partial charge in [0.1, 0.15) is 10.3 Å². The van der Waals surface area contributed by atoms with Crippen LogP contribution in [0.25, 0.3) is 0 Å². The van der Waals surface area contributed by atoms with E-state index in [0.717, 1.165) is 17.9 Å². The molecule has 4 nitrogen and oxygen atoms in total. The Hall–Kier alpha value is -1.78. The van der Waals surface area contributed by atoms with Crippen LogP contribution >= 0.6 is 23.2 Å². The van der Waals surface area contributed by atoms with Crippen LogP contribution in [-0.4, -0.2) is 31.0 Å². The lowest BCUT2D eigenvalue weighted by molar-refractivity contribution is 0.0986. The minimum atomic E-state index is -0.123. The Kier molecular flexibility index (Phi) is 3.74. The van der Waals surface area contributed by atoms with Crippen LogP contribution in [-0.2, 0) is 0 Å². The summed E-state index contributed by atoms with van der Waals surface area (Å²) in [6, 6.07) is 10.9. The lowest BCUT2D eigenvalue weighted by Crippen LogP contribution is -2.42. The van der Waals surface area contributed by atoms with Crippen LogP contribution in [0.3, 0.4) is 0 Å². The average Bonchev–Trinajstić information content (AvgIpc) is 2.46. The zero-order chi connectivity index (χ0) is 15.0. The lowest BCUT2D eigenvalue weighted by atomic mass is 10.1. The van der Waals surface area contributed by atoms with E-state index < -0.39 is 0 Å². The van der Waals surface area contributed by atoms with Crippen molar-refractivity contribution in [3.63, 3.8) is 0 Å². The number of para-hydroxylation sites is 2. The number of halogens is 2. The predicted molar refractivity (Wildman–Crippen MR) is 85.6 cm³/mol. The monoisotopic (exact) mass is 321 g/mol. The van der Waals surface area contributed by atoms with Gasteiger partial charge in [0.2, 0.25) is 0 Å². The van der Waals surface area contributed by atoms with Gasteiger partial charge in [0.05, 0.1) is 11.4 Å². The molecule has 108 valence electrons. The predicted octanol–water partition coefficient (Wildman–Crippen LogP) is 3.49. The zero-order valence-corrected chi connectivity index (χ0v) is 12.9. The fourth-order valence-corrected chi connectivity index (χ4v) is 2.92. The number of benzene rings is 1. The van der Waals surface area contributed by atoms with Crippen LogP contribution < -0.4 is 9.80 Å². The Labute approximate surface area is 132 Å². The number of pyridine rings is 1. The highest BCUT2D eigenvalue weighted by Gasteiger charge is 2.26. The smallest absolute Gasteiger partial charge is 0.258 e.